The Hall–Kier alpha value is -2.44. The summed E-state index contributed by atoms with van der Waals surface area (Å²) in [5, 5.41) is 0.883. The quantitative estimate of drug-likeness (QED) is 0.598. The van der Waals surface area contributed by atoms with Crippen LogP contribution < -0.4 is 0 Å². The van der Waals surface area contributed by atoms with Gasteiger partial charge >= 0.3 is 0 Å². The number of aryl methyl sites for hydroxylation is 2. The molecule has 0 bridgehead atoms. The Labute approximate surface area is 169 Å². The van der Waals surface area contributed by atoms with E-state index < -0.39 is 0 Å². The van der Waals surface area contributed by atoms with Crippen molar-refractivity contribution in [2.45, 2.75) is 39.3 Å². The van der Waals surface area contributed by atoms with Gasteiger partial charge in [0.1, 0.15) is 17.2 Å². The molecule has 0 spiro atoms. The van der Waals surface area contributed by atoms with Gasteiger partial charge in [-0.3, -0.25) is 4.79 Å². The van der Waals surface area contributed by atoms with Gasteiger partial charge in [0.05, 0.1) is 22.5 Å². The lowest BCUT2D eigenvalue weighted by Crippen LogP contribution is -2.37. The van der Waals surface area contributed by atoms with Crippen molar-refractivity contribution in [2.24, 2.45) is 0 Å². The van der Waals surface area contributed by atoms with Crippen LogP contribution in [0.1, 0.15) is 39.9 Å². The minimum absolute atomic E-state index is 0.0694. The van der Waals surface area contributed by atoms with Crippen LogP contribution in [0.15, 0.2) is 46.9 Å². The smallest absolute Gasteiger partial charge is 0.274 e. The fourth-order valence-corrected chi connectivity index (χ4v) is 4.43. The Morgan fingerprint density at radius 2 is 2.04 bits per heavy atom. The molecule has 1 unspecified atom stereocenters. The molecule has 146 valence electrons. The lowest BCUT2D eigenvalue weighted by molar-refractivity contribution is 0.0487. The molecule has 3 aromatic rings. The number of nitrogens with zero attached hydrogens (tertiary/aromatic N) is 2. The SMILES string of the molecule is Cc1ccc(CN(CC2CCCO2)C(=O)c2nc(C)sc2-c2ccccc2)o1. The molecule has 0 radical (unpaired) electrons. The summed E-state index contributed by atoms with van der Waals surface area (Å²) in [6.45, 7) is 5.57. The minimum Gasteiger partial charge on any atom is -0.464 e. The maximum atomic E-state index is 13.5. The topological polar surface area (TPSA) is 55.6 Å². The Morgan fingerprint density at radius 3 is 2.71 bits per heavy atom. The third-order valence-corrected chi connectivity index (χ3v) is 5.87. The number of hydrogen-bond acceptors (Lipinski definition) is 5. The zero-order valence-corrected chi connectivity index (χ0v) is 17.0. The Morgan fingerprint density at radius 1 is 1.21 bits per heavy atom. The molecular formula is C22H24N2O3S. The van der Waals surface area contributed by atoms with Crippen molar-refractivity contribution in [3.63, 3.8) is 0 Å². The summed E-state index contributed by atoms with van der Waals surface area (Å²) in [6.07, 6.45) is 2.08. The summed E-state index contributed by atoms with van der Waals surface area (Å²) in [4.78, 5) is 20.8. The molecule has 1 amide bonds. The molecule has 1 atom stereocenters. The molecule has 0 aliphatic carbocycles. The summed E-state index contributed by atoms with van der Waals surface area (Å²) in [5.41, 5.74) is 1.53. The number of ether oxygens (including phenoxy) is 1. The highest BCUT2D eigenvalue weighted by molar-refractivity contribution is 7.15. The van der Waals surface area contributed by atoms with E-state index in [2.05, 4.69) is 4.98 Å². The van der Waals surface area contributed by atoms with Gasteiger partial charge in [0.2, 0.25) is 0 Å². The van der Waals surface area contributed by atoms with E-state index in [1.807, 2.05) is 61.2 Å². The van der Waals surface area contributed by atoms with Gasteiger partial charge in [-0.05, 0) is 44.4 Å². The van der Waals surface area contributed by atoms with Gasteiger partial charge in [-0.1, -0.05) is 30.3 Å². The average molecular weight is 397 g/mol. The third-order valence-electron chi connectivity index (χ3n) is 4.85. The van der Waals surface area contributed by atoms with Gasteiger partial charge in [0.15, 0.2) is 0 Å². The van der Waals surface area contributed by atoms with Crippen molar-refractivity contribution in [2.75, 3.05) is 13.2 Å². The first-order chi connectivity index (χ1) is 13.6. The number of rotatable bonds is 6. The van der Waals surface area contributed by atoms with Crippen molar-refractivity contribution in [3.05, 3.63) is 64.7 Å². The lowest BCUT2D eigenvalue weighted by atomic mass is 10.1. The Kier molecular flexibility index (Phi) is 5.59. The molecular weight excluding hydrogens is 372 g/mol. The summed E-state index contributed by atoms with van der Waals surface area (Å²) in [6, 6.07) is 13.8. The molecule has 1 aliphatic heterocycles. The number of amides is 1. The van der Waals surface area contributed by atoms with Gasteiger partial charge in [-0.2, -0.15) is 0 Å². The van der Waals surface area contributed by atoms with Crippen molar-refractivity contribution in [3.8, 4) is 10.4 Å². The van der Waals surface area contributed by atoms with E-state index in [4.69, 9.17) is 9.15 Å². The van der Waals surface area contributed by atoms with Crippen molar-refractivity contribution in [1.82, 2.24) is 9.88 Å². The Balaban J connectivity index is 1.64. The first kappa shape index (κ1) is 18.9. The molecule has 6 heteroatoms. The van der Waals surface area contributed by atoms with E-state index in [0.717, 1.165) is 46.4 Å². The number of aromatic nitrogens is 1. The van der Waals surface area contributed by atoms with Crippen LogP contribution in [0.3, 0.4) is 0 Å². The molecule has 0 saturated carbocycles. The normalized spacial score (nSPS) is 16.4. The van der Waals surface area contributed by atoms with E-state index in [1.165, 1.54) is 0 Å². The largest absolute Gasteiger partial charge is 0.464 e. The molecule has 1 saturated heterocycles. The summed E-state index contributed by atoms with van der Waals surface area (Å²) in [5.74, 6) is 1.54. The molecule has 0 N–H and O–H groups in total. The van der Waals surface area contributed by atoms with E-state index in [0.29, 0.717) is 18.8 Å². The van der Waals surface area contributed by atoms with Gasteiger partial charge in [0, 0.05) is 13.2 Å². The average Bonchev–Trinajstić information content (AvgIpc) is 3.43. The second-order valence-corrected chi connectivity index (χ2v) is 8.31. The van der Waals surface area contributed by atoms with Crippen LogP contribution in [0.25, 0.3) is 10.4 Å². The molecule has 5 nitrogen and oxygen atoms in total. The van der Waals surface area contributed by atoms with E-state index in [-0.39, 0.29) is 12.0 Å². The fourth-order valence-electron chi connectivity index (χ4n) is 3.52. The fraction of sp³-hybridized carbons (Fsp3) is 0.364. The molecule has 1 aliphatic rings. The molecule has 1 fully saturated rings. The molecule has 28 heavy (non-hydrogen) atoms. The van der Waals surface area contributed by atoms with Crippen LogP contribution in [0.2, 0.25) is 0 Å². The first-order valence-corrected chi connectivity index (χ1v) is 10.4. The molecule has 1 aromatic carbocycles. The monoisotopic (exact) mass is 396 g/mol. The predicted octanol–water partition coefficient (Wildman–Crippen LogP) is 4.84. The summed E-state index contributed by atoms with van der Waals surface area (Å²) in [7, 11) is 0. The highest BCUT2D eigenvalue weighted by Gasteiger charge is 2.28. The summed E-state index contributed by atoms with van der Waals surface area (Å²) < 4.78 is 11.5. The Bertz CT molecular complexity index is 942. The van der Waals surface area contributed by atoms with E-state index >= 15 is 0 Å². The zero-order valence-electron chi connectivity index (χ0n) is 16.2. The van der Waals surface area contributed by atoms with Crippen LogP contribution in [0.4, 0.5) is 0 Å². The van der Waals surface area contributed by atoms with E-state index in [1.54, 1.807) is 11.3 Å². The molecule has 4 rings (SSSR count). The number of furan rings is 1. The highest BCUT2D eigenvalue weighted by Crippen LogP contribution is 2.31. The van der Waals surface area contributed by atoms with Gasteiger partial charge in [-0.15, -0.1) is 11.3 Å². The second kappa shape index (κ2) is 8.29. The van der Waals surface area contributed by atoms with Crippen LogP contribution in [0, 0.1) is 13.8 Å². The lowest BCUT2D eigenvalue weighted by Gasteiger charge is -2.24. The summed E-state index contributed by atoms with van der Waals surface area (Å²) >= 11 is 1.55. The predicted molar refractivity (Wildman–Crippen MR) is 109 cm³/mol. The molecule has 3 heterocycles. The standard InChI is InChI=1S/C22H24N2O3S/c1-15-10-11-19(27-15)14-24(13-18-9-6-12-26-18)22(25)20-21(28-16(2)23-20)17-7-4-3-5-8-17/h3-5,7-8,10-11,18H,6,9,12-14H2,1-2H3. The maximum Gasteiger partial charge on any atom is 0.274 e. The number of carbonyl (C=O) groups is 1. The van der Waals surface area contributed by atoms with E-state index in [9.17, 15) is 4.79 Å². The van der Waals surface area contributed by atoms with Crippen molar-refractivity contribution in [1.29, 1.82) is 0 Å². The van der Waals surface area contributed by atoms with Crippen LogP contribution in [-0.4, -0.2) is 35.0 Å². The number of thiazole rings is 1. The van der Waals surface area contributed by atoms with Gasteiger partial charge in [-0.25, -0.2) is 4.98 Å². The van der Waals surface area contributed by atoms with Gasteiger partial charge < -0.3 is 14.1 Å². The van der Waals surface area contributed by atoms with Crippen LogP contribution in [0.5, 0.6) is 0 Å². The second-order valence-electron chi connectivity index (χ2n) is 7.11. The number of benzene rings is 1. The van der Waals surface area contributed by atoms with Crippen LogP contribution >= 0.6 is 11.3 Å². The van der Waals surface area contributed by atoms with Crippen molar-refractivity contribution < 1.29 is 13.9 Å². The number of hydrogen-bond donors (Lipinski definition) is 0. The zero-order chi connectivity index (χ0) is 19.5. The first-order valence-electron chi connectivity index (χ1n) is 9.59. The van der Waals surface area contributed by atoms with Crippen LogP contribution in [-0.2, 0) is 11.3 Å². The van der Waals surface area contributed by atoms with Crippen molar-refractivity contribution >= 4 is 17.2 Å². The third kappa shape index (κ3) is 4.18. The maximum absolute atomic E-state index is 13.5. The van der Waals surface area contributed by atoms with Gasteiger partial charge in [0.25, 0.3) is 5.91 Å². The minimum atomic E-state index is -0.0762. The molecule has 2 aromatic heterocycles. The number of carbonyl (C=O) groups excluding carboxylic acids is 1. The highest BCUT2D eigenvalue weighted by atomic mass is 32.1.